The Hall–Kier alpha value is -3.68. The van der Waals surface area contributed by atoms with Gasteiger partial charge >= 0.3 is 6.03 Å². The summed E-state index contributed by atoms with van der Waals surface area (Å²) in [5, 5.41) is 5.68. The van der Waals surface area contributed by atoms with Crippen LogP contribution in [-0.4, -0.2) is 29.1 Å². The van der Waals surface area contributed by atoms with Crippen LogP contribution in [0.4, 0.5) is 15.0 Å². The number of halogens is 1. The second-order valence-electron chi connectivity index (χ2n) is 7.63. The lowest BCUT2D eigenvalue weighted by molar-refractivity contribution is 0.240. The van der Waals surface area contributed by atoms with Crippen LogP contribution in [0, 0.1) is 5.82 Å². The number of aromatic nitrogens is 2. The quantitative estimate of drug-likeness (QED) is 0.575. The lowest BCUT2D eigenvalue weighted by atomic mass is 10.1. The zero-order valence-electron chi connectivity index (χ0n) is 17.8. The normalized spacial score (nSPS) is 13.5. The number of carbonyl (C=O) groups is 1. The molecule has 2 N–H and O–H groups in total. The van der Waals surface area contributed by atoms with Crippen LogP contribution in [0.2, 0.25) is 0 Å². The molecule has 1 aliphatic heterocycles. The molecule has 1 aromatic carbocycles. The van der Waals surface area contributed by atoms with Gasteiger partial charge in [-0.05, 0) is 55.2 Å². The number of urea groups is 1. The second-order valence-corrected chi connectivity index (χ2v) is 7.63. The average molecular weight is 436 g/mol. The fraction of sp³-hybridized carbons (Fsp3) is 0.292. The molecule has 0 radical (unpaired) electrons. The van der Waals surface area contributed by atoms with Gasteiger partial charge in [0.15, 0.2) is 0 Å². The maximum atomic E-state index is 13.4. The van der Waals surface area contributed by atoms with E-state index in [1.54, 1.807) is 36.7 Å². The van der Waals surface area contributed by atoms with Gasteiger partial charge in [-0.15, -0.1) is 0 Å². The van der Waals surface area contributed by atoms with Crippen molar-refractivity contribution in [1.82, 2.24) is 20.6 Å². The van der Waals surface area contributed by atoms with Crippen LogP contribution in [0.25, 0.3) is 0 Å². The predicted octanol–water partition coefficient (Wildman–Crippen LogP) is 4.40. The van der Waals surface area contributed by atoms with Gasteiger partial charge in [-0.1, -0.05) is 12.1 Å². The van der Waals surface area contributed by atoms with Crippen molar-refractivity contribution in [2.75, 3.05) is 18.0 Å². The maximum absolute atomic E-state index is 13.4. The van der Waals surface area contributed by atoms with Crippen LogP contribution in [0.15, 0.2) is 60.9 Å². The molecule has 3 heterocycles. The van der Waals surface area contributed by atoms with Crippen molar-refractivity contribution in [2.24, 2.45) is 0 Å². The molecule has 0 spiro atoms. The average Bonchev–Trinajstić information content (AvgIpc) is 2.83. The van der Waals surface area contributed by atoms with Crippen LogP contribution in [0.5, 0.6) is 11.6 Å². The third-order valence-corrected chi connectivity index (χ3v) is 5.24. The van der Waals surface area contributed by atoms with Crippen molar-refractivity contribution in [2.45, 2.75) is 32.4 Å². The van der Waals surface area contributed by atoms with Crippen LogP contribution < -0.4 is 20.3 Å². The highest BCUT2D eigenvalue weighted by atomic mass is 19.1. The molecule has 1 saturated heterocycles. The minimum absolute atomic E-state index is 0.222. The van der Waals surface area contributed by atoms with Crippen LogP contribution in [0.1, 0.15) is 30.4 Å². The number of carbonyl (C=O) groups excluding carboxylic acids is 1. The smallest absolute Gasteiger partial charge is 0.315 e. The summed E-state index contributed by atoms with van der Waals surface area (Å²) in [6.45, 7) is 2.67. The Morgan fingerprint density at radius 3 is 2.66 bits per heavy atom. The van der Waals surface area contributed by atoms with Crippen LogP contribution in [-0.2, 0) is 13.1 Å². The zero-order chi connectivity index (χ0) is 22.2. The van der Waals surface area contributed by atoms with Gasteiger partial charge in [0.25, 0.3) is 0 Å². The lowest BCUT2D eigenvalue weighted by Gasteiger charge is -2.27. The molecule has 1 aliphatic rings. The maximum Gasteiger partial charge on any atom is 0.315 e. The van der Waals surface area contributed by atoms with Gasteiger partial charge < -0.3 is 20.3 Å². The van der Waals surface area contributed by atoms with Crippen LogP contribution >= 0.6 is 0 Å². The molecular weight excluding hydrogens is 409 g/mol. The first-order valence-electron chi connectivity index (χ1n) is 10.8. The van der Waals surface area contributed by atoms with Gasteiger partial charge in [-0.3, -0.25) is 0 Å². The molecule has 0 bridgehead atoms. The number of benzene rings is 1. The van der Waals surface area contributed by atoms with Crippen molar-refractivity contribution in [3.05, 3.63) is 77.9 Å². The Morgan fingerprint density at radius 2 is 1.81 bits per heavy atom. The minimum atomic E-state index is -0.392. The molecule has 0 atom stereocenters. The molecule has 2 aromatic heterocycles. The van der Waals surface area contributed by atoms with E-state index in [4.69, 9.17) is 4.74 Å². The van der Waals surface area contributed by atoms with E-state index in [9.17, 15) is 9.18 Å². The Morgan fingerprint density at radius 1 is 0.969 bits per heavy atom. The summed E-state index contributed by atoms with van der Waals surface area (Å²) in [7, 11) is 0. The topological polar surface area (TPSA) is 79.4 Å². The Kier molecular flexibility index (Phi) is 7.12. The molecule has 8 heteroatoms. The van der Waals surface area contributed by atoms with Gasteiger partial charge in [0.1, 0.15) is 17.4 Å². The summed E-state index contributed by atoms with van der Waals surface area (Å²) in [6.07, 6.45) is 7.01. The van der Waals surface area contributed by atoms with E-state index in [-0.39, 0.29) is 12.6 Å². The minimum Gasteiger partial charge on any atom is -0.439 e. The summed E-state index contributed by atoms with van der Waals surface area (Å²) in [6, 6.07) is 13.0. The zero-order valence-corrected chi connectivity index (χ0v) is 17.8. The molecular formula is C24H26FN5O2. The number of piperidine rings is 1. The van der Waals surface area contributed by atoms with Gasteiger partial charge in [0, 0.05) is 50.2 Å². The second kappa shape index (κ2) is 10.6. The Balaban J connectivity index is 1.30. The first-order valence-corrected chi connectivity index (χ1v) is 10.8. The number of nitrogens with zero attached hydrogens (tertiary/aromatic N) is 3. The number of amides is 2. The van der Waals surface area contributed by atoms with E-state index in [1.807, 2.05) is 12.1 Å². The monoisotopic (exact) mass is 435 g/mol. The number of ether oxygens (including phenoxy) is 1. The number of hydrogen-bond acceptors (Lipinski definition) is 5. The number of rotatable bonds is 7. The molecule has 1 fully saturated rings. The van der Waals surface area contributed by atoms with Gasteiger partial charge in [0.05, 0.1) is 0 Å². The van der Waals surface area contributed by atoms with E-state index >= 15 is 0 Å². The molecule has 3 aromatic rings. The van der Waals surface area contributed by atoms with E-state index in [2.05, 4.69) is 25.5 Å². The van der Waals surface area contributed by atoms with Crippen molar-refractivity contribution >= 4 is 11.8 Å². The first-order chi connectivity index (χ1) is 15.7. The largest absolute Gasteiger partial charge is 0.439 e. The summed E-state index contributed by atoms with van der Waals surface area (Å²) in [4.78, 5) is 23.3. The molecule has 0 unspecified atom stereocenters. The van der Waals surface area contributed by atoms with E-state index in [1.165, 1.54) is 31.4 Å². The first kappa shape index (κ1) is 21.5. The van der Waals surface area contributed by atoms with Crippen molar-refractivity contribution in [3.8, 4) is 11.6 Å². The molecule has 7 nitrogen and oxygen atoms in total. The molecule has 4 rings (SSSR count). The molecule has 32 heavy (non-hydrogen) atoms. The number of nitrogens with one attached hydrogen (secondary N) is 2. The molecule has 166 valence electrons. The van der Waals surface area contributed by atoms with Crippen LogP contribution in [0.3, 0.4) is 0 Å². The van der Waals surface area contributed by atoms with Crippen molar-refractivity contribution in [1.29, 1.82) is 0 Å². The summed E-state index contributed by atoms with van der Waals surface area (Å²) in [5.74, 6) is 1.23. The lowest BCUT2D eigenvalue weighted by Crippen LogP contribution is -2.35. The third-order valence-electron chi connectivity index (χ3n) is 5.24. The molecule has 0 saturated carbocycles. The van der Waals surface area contributed by atoms with E-state index in [0.717, 1.165) is 24.5 Å². The van der Waals surface area contributed by atoms with Gasteiger partial charge in [-0.2, -0.15) is 0 Å². The van der Waals surface area contributed by atoms with Crippen molar-refractivity contribution in [3.63, 3.8) is 0 Å². The summed E-state index contributed by atoms with van der Waals surface area (Å²) in [5.41, 5.74) is 1.68. The fourth-order valence-corrected chi connectivity index (χ4v) is 3.58. The molecule has 2 amide bonds. The predicted molar refractivity (Wildman–Crippen MR) is 120 cm³/mol. The Labute approximate surface area is 186 Å². The standard InChI is InChI=1S/C24H26FN5O2/c25-20-7-4-8-21(15-20)32-23-19(6-5-10-27-23)17-29-24(31)28-16-18-9-11-26-22(14-18)30-12-2-1-3-13-30/h4-11,14-15H,1-3,12-13,16-17H2,(H2,28,29,31). The Bertz CT molecular complexity index is 1060. The van der Waals surface area contributed by atoms with E-state index in [0.29, 0.717) is 23.7 Å². The summed E-state index contributed by atoms with van der Waals surface area (Å²) < 4.78 is 19.1. The SMILES string of the molecule is O=C(NCc1ccnc(N2CCCCC2)c1)NCc1cccnc1Oc1cccc(F)c1. The highest BCUT2D eigenvalue weighted by Gasteiger charge is 2.13. The summed E-state index contributed by atoms with van der Waals surface area (Å²) >= 11 is 0. The van der Waals surface area contributed by atoms with Crippen molar-refractivity contribution < 1.29 is 13.9 Å². The molecule has 0 aliphatic carbocycles. The number of anilines is 1. The number of hydrogen-bond donors (Lipinski definition) is 2. The third kappa shape index (κ3) is 5.94. The van der Waals surface area contributed by atoms with E-state index < -0.39 is 5.82 Å². The highest BCUT2D eigenvalue weighted by Crippen LogP contribution is 2.23. The number of pyridine rings is 2. The fourth-order valence-electron chi connectivity index (χ4n) is 3.58. The van der Waals surface area contributed by atoms with Gasteiger partial charge in [0.2, 0.25) is 5.88 Å². The highest BCUT2D eigenvalue weighted by molar-refractivity contribution is 5.73. The van der Waals surface area contributed by atoms with Gasteiger partial charge in [-0.25, -0.2) is 19.2 Å².